The van der Waals surface area contributed by atoms with Crippen LogP contribution in [-0.2, 0) is 7.05 Å². The van der Waals surface area contributed by atoms with Crippen molar-refractivity contribution in [3.05, 3.63) is 11.4 Å². The van der Waals surface area contributed by atoms with Gasteiger partial charge in [-0.25, -0.2) is 0 Å². The molecule has 1 aromatic heterocycles. The lowest BCUT2D eigenvalue weighted by Crippen LogP contribution is -1.92. The molecular weight excluding hydrogens is 126 g/mol. The standard InChI is InChI=1S/C5H9N3.C2H6/c1-4-5(2)8(3)7-6-4;1-2/h1-3H3;1-2H3. The number of aromatic nitrogens is 3. The van der Waals surface area contributed by atoms with Gasteiger partial charge in [0.15, 0.2) is 0 Å². The van der Waals surface area contributed by atoms with Gasteiger partial charge in [-0.05, 0) is 13.8 Å². The van der Waals surface area contributed by atoms with Crippen LogP contribution in [0, 0.1) is 13.8 Å². The molecule has 10 heavy (non-hydrogen) atoms. The van der Waals surface area contributed by atoms with Gasteiger partial charge in [-0.2, -0.15) is 0 Å². The quantitative estimate of drug-likeness (QED) is 0.547. The maximum Gasteiger partial charge on any atom is 0.0825 e. The molecule has 58 valence electrons. The lowest BCUT2D eigenvalue weighted by Gasteiger charge is -1.87. The zero-order valence-electron chi connectivity index (χ0n) is 7.34. The monoisotopic (exact) mass is 141 g/mol. The molecule has 0 unspecified atom stereocenters. The highest BCUT2D eigenvalue weighted by Gasteiger charge is 1.95. The molecule has 1 aromatic rings. The summed E-state index contributed by atoms with van der Waals surface area (Å²) >= 11 is 0. The highest BCUT2D eigenvalue weighted by Crippen LogP contribution is 1.96. The van der Waals surface area contributed by atoms with Crippen LogP contribution >= 0.6 is 0 Å². The second-order valence-corrected chi connectivity index (χ2v) is 1.88. The predicted octanol–water partition coefficient (Wildman–Crippen LogP) is 1.46. The molecule has 0 spiro atoms. The topological polar surface area (TPSA) is 30.7 Å². The van der Waals surface area contributed by atoms with E-state index in [-0.39, 0.29) is 0 Å². The summed E-state index contributed by atoms with van der Waals surface area (Å²) in [5.74, 6) is 0. The molecule has 0 aliphatic rings. The minimum atomic E-state index is 1.01. The van der Waals surface area contributed by atoms with E-state index in [1.807, 2.05) is 34.7 Å². The van der Waals surface area contributed by atoms with Gasteiger partial charge >= 0.3 is 0 Å². The van der Waals surface area contributed by atoms with Gasteiger partial charge in [-0.3, -0.25) is 4.68 Å². The number of hydrogen-bond donors (Lipinski definition) is 0. The molecule has 0 fully saturated rings. The Morgan fingerprint density at radius 3 is 1.80 bits per heavy atom. The summed E-state index contributed by atoms with van der Waals surface area (Å²) in [4.78, 5) is 0. The van der Waals surface area contributed by atoms with Crippen molar-refractivity contribution in [2.75, 3.05) is 0 Å². The minimum absolute atomic E-state index is 1.01. The summed E-state index contributed by atoms with van der Waals surface area (Å²) in [6, 6.07) is 0. The van der Waals surface area contributed by atoms with Crippen molar-refractivity contribution in [1.29, 1.82) is 0 Å². The summed E-state index contributed by atoms with van der Waals surface area (Å²) in [6.07, 6.45) is 0. The number of nitrogens with zero attached hydrogens (tertiary/aromatic N) is 3. The molecule has 3 heteroatoms. The van der Waals surface area contributed by atoms with Gasteiger partial charge in [-0.1, -0.05) is 19.1 Å². The van der Waals surface area contributed by atoms with E-state index in [1.165, 1.54) is 0 Å². The van der Waals surface area contributed by atoms with Gasteiger partial charge in [0.2, 0.25) is 0 Å². The van der Waals surface area contributed by atoms with Crippen molar-refractivity contribution in [2.24, 2.45) is 7.05 Å². The Balaban J connectivity index is 0.000000371. The molecule has 0 atom stereocenters. The Kier molecular flexibility index (Phi) is 3.69. The highest BCUT2D eigenvalue weighted by molar-refractivity contribution is 5.03. The second-order valence-electron chi connectivity index (χ2n) is 1.88. The third kappa shape index (κ3) is 1.83. The third-order valence-electron chi connectivity index (χ3n) is 1.34. The molecule has 1 rings (SSSR count). The summed E-state index contributed by atoms with van der Waals surface area (Å²) < 4.78 is 1.76. The maximum atomic E-state index is 3.83. The van der Waals surface area contributed by atoms with Crippen LogP contribution in [0.15, 0.2) is 0 Å². The van der Waals surface area contributed by atoms with Gasteiger partial charge in [-0.15, -0.1) is 5.10 Å². The van der Waals surface area contributed by atoms with E-state index >= 15 is 0 Å². The van der Waals surface area contributed by atoms with E-state index in [0.29, 0.717) is 0 Å². The molecule has 1 heterocycles. The van der Waals surface area contributed by atoms with Crippen molar-refractivity contribution in [3.8, 4) is 0 Å². The van der Waals surface area contributed by atoms with Gasteiger partial charge in [0.25, 0.3) is 0 Å². The van der Waals surface area contributed by atoms with Crippen molar-refractivity contribution in [1.82, 2.24) is 15.0 Å². The number of hydrogen-bond acceptors (Lipinski definition) is 2. The molecule has 0 saturated heterocycles. The molecule has 0 aliphatic carbocycles. The predicted molar refractivity (Wildman–Crippen MR) is 41.8 cm³/mol. The van der Waals surface area contributed by atoms with Gasteiger partial charge in [0.05, 0.1) is 11.4 Å². The summed E-state index contributed by atoms with van der Waals surface area (Å²) in [5, 5.41) is 7.61. The third-order valence-corrected chi connectivity index (χ3v) is 1.34. The fraction of sp³-hybridized carbons (Fsp3) is 0.714. The van der Waals surface area contributed by atoms with Crippen molar-refractivity contribution in [2.45, 2.75) is 27.7 Å². The fourth-order valence-corrected chi connectivity index (χ4v) is 0.508. The van der Waals surface area contributed by atoms with Crippen LogP contribution in [0.5, 0.6) is 0 Å². The average Bonchev–Trinajstić information content (AvgIpc) is 2.25. The van der Waals surface area contributed by atoms with Crippen LogP contribution in [-0.4, -0.2) is 15.0 Å². The zero-order chi connectivity index (χ0) is 8.15. The van der Waals surface area contributed by atoms with E-state index in [1.54, 1.807) is 4.68 Å². The van der Waals surface area contributed by atoms with Gasteiger partial charge < -0.3 is 0 Å². The lowest BCUT2D eigenvalue weighted by atomic mass is 10.4. The zero-order valence-corrected chi connectivity index (χ0v) is 7.34. The highest BCUT2D eigenvalue weighted by atomic mass is 15.4. The first kappa shape index (κ1) is 9.14. The summed E-state index contributed by atoms with van der Waals surface area (Å²) in [5.41, 5.74) is 2.14. The van der Waals surface area contributed by atoms with Crippen LogP contribution < -0.4 is 0 Å². The number of rotatable bonds is 0. The van der Waals surface area contributed by atoms with Crippen molar-refractivity contribution >= 4 is 0 Å². The van der Waals surface area contributed by atoms with Crippen LogP contribution in [0.2, 0.25) is 0 Å². The Hall–Kier alpha value is -0.860. The van der Waals surface area contributed by atoms with E-state index in [2.05, 4.69) is 10.3 Å². The Labute approximate surface area is 62.1 Å². The fourth-order valence-electron chi connectivity index (χ4n) is 0.508. The minimum Gasteiger partial charge on any atom is -0.252 e. The lowest BCUT2D eigenvalue weighted by molar-refractivity contribution is 0.696. The van der Waals surface area contributed by atoms with Gasteiger partial charge in [0, 0.05) is 7.05 Å². The first-order chi connectivity index (χ1) is 4.72. The normalized spacial score (nSPS) is 8.50. The molecule has 0 radical (unpaired) electrons. The first-order valence-corrected chi connectivity index (χ1v) is 3.54. The smallest absolute Gasteiger partial charge is 0.0825 e. The molecule has 0 saturated carbocycles. The molecule has 0 amide bonds. The molecule has 0 N–H and O–H groups in total. The summed E-state index contributed by atoms with van der Waals surface area (Å²) in [6.45, 7) is 7.94. The number of aryl methyl sites for hydroxylation is 2. The van der Waals surface area contributed by atoms with E-state index in [9.17, 15) is 0 Å². The average molecular weight is 141 g/mol. The molecule has 3 nitrogen and oxygen atoms in total. The molecular formula is C7H15N3. The van der Waals surface area contributed by atoms with E-state index in [4.69, 9.17) is 0 Å². The summed E-state index contributed by atoms with van der Waals surface area (Å²) in [7, 11) is 1.88. The SMILES string of the molecule is CC.Cc1nnn(C)c1C. The van der Waals surface area contributed by atoms with E-state index in [0.717, 1.165) is 11.4 Å². The first-order valence-electron chi connectivity index (χ1n) is 3.54. The maximum absolute atomic E-state index is 3.83. The van der Waals surface area contributed by atoms with E-state index < -0.39 is 0 Å². The van der Waals surface area contributed by atoms with Crippen LogP contribution in [0.1, 0.15) is 25.2 Å². The van der Waals surface area contributed by atoms with Crippen molar-refractivity contribution < 1.29 is 0 Å². The van der Waals surface area contributed by atoms with Crippen LogP contribution in [0.4, 0.5) is 0 Å². The molecule has 0 aliphatic heterocycles. The molecule has 0 aromatic carbocycles. The van der Waals surface area contributed by atoms with Gasteiger partial charge in [0.1, 0.15) is 0 Å². The largest absolute Gasteiger partial charge is 0.252 e. The van der Waals surface area contributed by atoms with Crippen LogP contribution in [0.3, 0.4) is 0 Å². The Morgan fingerprint density at radius 2 is 1.70 bits per heavy atom. The second kappa shape index (κ2) is 4.04. The van der Waals surface area contributed by atoms with Crippen molar-refractivity contribution in [3.63, 3.8) is 0 Å². The Bertz CT molecular complexity index is 171. The van der Waals surface area contributed by atoms with Crippen LogP contribution in [0.25, 0.3) is 0 Å². The Morgan fingerprint density at radius 1 is 1.20 bits per heavy atom. The molecule has 0 bridgehead atoms.